The third-order valence-electron chi connectivity index (χ3n) is 17.6. The van der Waals surface area contributed by atoms with Gasteiger partial charge in [-0.05, 0) is 159 Å². The molecule has 4 aliphatic heterocycles. The van der Waals surface area contributed by atoms with Crippen molar-refractivity contribution in [1.29, 1.82) is 0 Å². The first kappa shape index (κ1) is 86.8. The minimum atomic E-state index is -1.28. The van der Waals surface area contributed by atoms with Crippen molar-refractivity contribution in [3.63, 3.8) is 0 Å². The molecule has 0 spiro atoms. The Labute approximate surface area is 681 Å². The van der Waals surface area contributed by atoms with Crippen molar-refractivity contribution < 1.29 is 33.3 Å². The number of hydrogen-bond acceptors (Lipinski definition) is 21. The number of nitrogen functional groups attached to an aromatic ring is 1. The first-order valence-electron chi connectivity index (χ1n) is 33.9. The summed E-state index contributed by atoms with van der Waals surface area (Å²) in [5, 5.41) is 34.6. The number of halogens is 9. The van der Waals surface area contributed by atoms with Gasteiger partial charge in [-0.25, -0.2) is 53.4 Å². The summed E-state index contributed by atoms with van der Waals surface area (Å²) < 4.78 is 26.2. The Hall–Kier alpha value is -9.75. The van der Waals surface area contributed by atoms with E-state index in [-0.39, 0.29) is 49.9 Å². The Morgan fingerprint density at radius 3 is 1.13 bits per heavy atom. The molecule has 34 heteroatoms. The molecule has 0 saturated carbocycles. The molecule has 0 saturated heterocycles. The van der Waals surface area contributed by atoms with E-state index >= 15 is 0 Å². The number of nitrogens with zero attached hydrogens (tertiary/aromatic N) is 15. The van der Waals surface area contributed by atoms with Crippen LogP contribution in [0.1, 0.15) is 102 Å². The number of carboxylic acid groups (broad SMARTS) is 1. The summed E-state index contributed by atoms with van der Waals surface area (Å²) in [7, 11) is 9.87. The van der Waals surface area contributed by atoms with E-state index in [0.29, 0.717) is 40.2 Å². The summed E-state index contributed by atoms with van der Waals surface area (Å²) in [5.74, 6) is -0.842. The van der Waals surface area contributed by atoms with Gasteiger partial charge in [0.05, 0.1) is 33.4 Å². The van der Waals surface area contributed by atoms with Crippen LogP contribution in [0.4, 0.5) is 43.3 Å². The molecule has 10 heterocycles. The number of carboxylic acids is 1. The minimum absolute atomic E-state index is 0.0661. The monoisotopic (exact) mass is 1750 g/mol. The summed E-state index contributed by atoms with van der Waals surface area (Å²) in [6.45, 7) is 15.1. The molecule has 0 amide bonds. The van der Waals surface area contributed by atoms with E-state index in [2.05, 4.69) is 110 Å². The normalized spacial score (nSPS) is 13.9. The molecule has 0 aliphatic carbocycles. The maximum atomic E-state index is 13.8. The molecule has 14 rings (SSSR count). The van der Waals surface area contributed by atoms with Gasteiger partial charge >= 0.3 is 42.7 Å². The SMILES string of the molecule is CC1=C(c2ccc(CC(=O)c3ccncc3F)cc2)CN(c2nccnc2Cl)CC1.CC1=C(c2ccc(N)cc2)CN(c2nccnc2Cl)CC1.CC1=C(c2ccc([N+](=O)[O-])cc2)CN(c2nccnc2Cl)CC1.CC1=C(c2ccc([N+](=O)[O-])cc2)CNCC1.Clc1nccnc1Cl.O=C(O)c1ccncc1F.[Cl][Sn][Cl]. The van der Waals surface area contributed by atoms with Crippen LogP contribution in [-0.4, -0.2) is 148 Å². The number of carbonyl (C=O) groups excluding carboxylic acids is 1. The number of hydrogen-bond donors (Lipinski definition) is 3. The molecular formula is C77H72Cl7F2N17O7Sn. The second kappa shape index (κ2) is 43.7. The first-order valence-corrected chi connectivity index (χ1v) is 43.1. The number of nitro groups is 2. The number of anilines is 4. The van der Waals surface area contributed by atoms with E-state index in [4.69, 9.17) is 86.7 Å². The first-order chi connectivity index (χ1) is 53.3. The van der Waals surface area contributed by atoms with Gasteiger partial charge in [0.15, 0.2) is 60.6 Å². The van der Waals surface area contributed by atoms with Gasteiger partial charge in [-0.1, -0.05) is 117 Å². The predicted molar refractivity (Wildman–Crippen MR) is 436 cm³/mol. The zero-order chi connectivity index (χ0) is 80.1. The third-order valence-corrected chi connectivity index (χ3v) is 19.1. The Balaban J connectivity index is 0.000000173. The molecule has 0 atom stereocenters. The van der Waals surface area contributed by atoms with Gasteiger partial charge in [0.25, 0.3) is 11.4 Å². The number of ketones is 1. The molecule has 0 unspecified atom stereocenters. The van der Waals surface area contributed by atoms with Gasteiger partial charge in [-0.2, -0.15) is 0 Å². The molecule has 4 aliphatic rings. The Bertz CT molecular complexity index is 4980. The van der Waals surface area contributed by atoms with Gasteiger partial charge in [-0.3, -0.25) is 35.0 Å². The van der Waals surface area contributed by atoms with E-state index in [0.717, 1.165) is 123 Å². The van der Waals surface area contributed by atoms with Crippen LogP contribution in [0.3, 0.4) is 0 Å². The maximum absolute atomic E-state index is 13.8. The molecule has 24 nitrogen and oxygen atoms in total. The summed E-state index contributed by atoms with van der Waals surface area (Å²) in [6, 6.07) is 31.8. The fourth-order valence-corrected chi connectivity index (χ4v) is 12.5. The molecule has 6 aromatic heterocycles. The van der Waals surface area contributed by atoms with Gasteiger partial charge < -0.3 is 30.9 Å². The summed E-state index contributed by atoms with van der Waals surface area (Å²) >= 11 is 28.5. The van der Waals surface area contributed by atoms with E-state index in [1.54, 1.807) is 61.4 Å². The fourth-order valence-electron chi connectivity index (χ4n) is 11.7. The van der Waals surface area contributed by atoms with E-state index < -0.39 is 41.4 Å². The number of nitrogens with two attached hydrogens (primary N) is 1. The van der Waals surface area contributed by atoms with E-state index in [9.17, 15) is 38.6 Å². The third kappa shape index (κ3) is 25.6. The zero-order valence-electron chi connectivity index (χ0n) is 60.1. The van der Waals surface area contributed by atoms with Crippen LogP contribution < -0.4 is 25.8 Å². The molecule has 0 bridgehead atoms. The molecule has 574 valence electrons. The van der Waals surface area contributed by atoms with Crippen molar-refractivity contribution in [2.75, 3.05) is 72.8 Å². The molecular weight excluding hydrogens is 1680 g/mol. The number of nitro benzene ring substituents is 2. The molecule has 10 aromatic rings. The number of benzene rings is 4. The number of non-ortho nitro benzene ring substituents is 2. The van der Waals surface area contributed by atoms with Crippen LogP contribution in [0.25, 0.3) is 22.3 Å². The molecule has 2 radical (unpaired) electrons. The van der Waals surface area contributed by atoms with Crippen molar-refractivity contribution in [2.45, 2.75) is 59.8 Å². The molecule has 111 heavy (non-hydrogen) atoms. The molecule has 0 fully saturated rings. The average Bonchev–Trinajstić information content (AvgIpc) is 0.816. The number of nitrogens with one attached hydrogen (secondary N) is 1. The zero-order valence-corrected chi connectivity index (χ0v) is 68.2. The van der Waals surface area contributed by atoms with Crippen molar-refractivity contribution in [3.8, 4) is 0 Å². The van der Waals surface area contributed by atoms with Crippen molar-refractivity contribution in [3.05, 3.63) is 302 Å². The Kier molecular flexibility index (Phi) is 34.2. The summed E-state index contributed by atoms with van der Waals surface area (Å²) in [4.78, 5) is 89.2. The number of pyridine rings is 2. The number of Topliss-reactive ketones (excluding diaryl/α,β-unsaturated/α-hetero) is 1. The van der Waals surface area contributed by atoms with Gasteiger partial charge in [0.2, 0.25) is 0 Å². The number of rotatable bonds is 13. The van der Waals surface area contributed by atoms with Gasteiger partial charge in [0.1, 0.15) is 0 Å². The molecule has 4 N–H and O–H groups in total. The Morgan fingerprint density at radius 2 is 0.802 bits per heavy atom. The van der Waals surface area contributed by atoms with Crippen LogP contribution in [0.2, 0.25) is 25.8 Å². The number of aromatic nitrogens is 10. The number of aromatic carboxylic acids is 1. The summed E-state index contributed by atoms with van der Waals surface area (Å²) in [6.07, 6.45) is 21.2. The van der Waals surface area contributed by atoms with Crippen LogP contribution in [0, 0.1) is 31.9 Å². The number of carbonyl (C=O) groups is 2. The van der Waals surface area contributed by atoms with Crippen molar-refractivity contribution in [2.24, 2.45) is 0 Å². The van der Waals surface area contributed by atoms with Crippen LogP contribution in [-0.2, 0) is 6.42 Å². The second-order valence-corrected chi connectivity index (χ2v) is 30.8. The van der Waals surface area contributed by atoms with E-state index in [1.165, 1.54) is 87.6 Å². The topological polar surface area (TPSA) is 317 Å². The van der Waals surface area contributed by atoms with Crippen LogP contribution in [0.5, 0.6) is 0 Å². The predicted octanol–water partition coefficient (Wildman–Crippen LogP) is 18.0. The Morgan fingerprint density at radius 1 is 0.477 bits per heavy atom. The quantitative estimate of drug-likeness (QED) is 0.0317. The fraction of sp³-hybridized carbons (Fsp3) is 0.221. The molecule has 4 aromatic carbocycles. The van der Waals surface area contributed by atoms with Gasteiger partial charge in [0, 0.05) is 144 Å². The summed E-state index contributed by atoms with van der Waals surface area (Å²) in [5.41, 5.74) is 22.0. The van der Waals surface area contributed by atoms with E-state index in [1.807, 2.05) is 48.5 Å². The second-order valence-electron chi connectivity index (χ2n) is 24.7. The van der Waals surface area contributed by atoms with Crippen LogP contribution >= 0.6 is 75.8 Å². The standard InChI is InChI=1S/C23H20ClFN4O.C16H15ClN4O2.C16H17ClN4.C12H14N2O2.C6H4FNO2.C4H2Cl2N2.2ClH.Sn/c1-15-7-11-29(23-22(24)27-9-10-28-23)14-19(15)17-4-2-16(3-5-17)12-21(30)18-6-8-26-13-20(18)25;1-11-6-9-20(16-15(17)18-7-8-19-16)10-14(11)12-2-4-13(5-3-12)21(22)23;1-11-6-9-21(16-15(17)19-7-8-20-16)10-14(11)12-2-4-13(18)5-3-12;1-9-6-7-13-8-12(9)10-2-4-11(5-3-10)14(15)16;7-5-3-8-2-1-4(5)6(9)10;5-3-4(6)8-2-1-7-3;;;/h2-6,8-10,13H,7,11-12,14H2,1H3;2-5,7-8H,6,9-10H2,1H3;2-5,7-8H,6,9-10,18H2,1H3;2-5,13H,6-8H2,1H3;1-3H,(H,9,10);1-2H;2*1H;/q;;;;;;;;+2/p-2. The van der Waals surface area contributed by atoms with Gasteiger partial charge in [-0.15, -0.1) is 0 Å². The average molecular weight is 1750 g/mol. The van der Waals surface area contributed by atoms with Crippen LogP contribution in [0.15, 0.2) is 206 Å². The van der Waals surface area contributed by atoms with Crippen molar-refractivity contribution in [1.82, 2.24) is 55.2 Å². The van der Waals surface area contributed by atoms with Crippen molar-refractivity contribution >= 4 is 163 Å².